The Morgan fingerprint density at radius 1 is 0.556 bits per heavy atom. The molecule has 1 aliphatic carbocycles. The second-order valence-electron chi connectivity index (χ2n) is 14.1. The lowest BCUT2D eigenvalue weighted by atomic mass is 9.98. The highest BCUT2D eigenvalue weighted by Gasteiger charge is 2.33. The van der Waals surface area contributed by atoms with Crippen molar-refractivity contribution < 1.29 is 8.81 Å². The lowest BCUT2D eigenvalue weighted by Gasteiger charge is -2.36. The van der Waals surface area contributed by atoms with E-state index < -0.39 is 7.92 Å². The van der Waals surface area contributed by atoms with E-state index in [1.807, 2.05) is 48.5 Å². The maximum atomic E-state index is 14.1. The highest BCUT2D eigenvalue weighted by Crippen LogP contribution is 2.54. The molecular weight excluding hydrogens is 685 g/mol. The first-order valence-electron chi connectivity index (χ1n) is 18.3. The van der Waals surface area contributed by atoms with Gasteiger partial charge in [-0.15, -0.1) is 0 Å². The van der Waals surface area contributed by atoms with E-state index in [0.717, 1.165) is 49.8 Å². The zero-order valence-corrected chi connectivity index (χ0v) is 31.0. The van der Waals surface area contributed by atoms with Crippen molar-refractivity contribution in [2.24, 2.45) is 0 Å². The van der Waals surface area contributed by atoms with Crippen LogP contribution in [0.4, 0.5) is 4.39 Å². The average molecular weight is 722 g/mol. The van der Waals surface area contributed by atoms with E-state index in [2.05, 4.69) is 117 Å². The fraction of sp³-hybridized carbons (Fsp3) is 0.104. The molecule has 54 heavy (non-hydrogen) atoms. The van der Waals surface area contributed by atoms with Crippen LogP contribution in [0.3, 0.4) is 0 Å². The van der Waals surface area contributed by atoms with Crippen LogP contribution in [0, 0.1) is 0 Å². The van der Waals surface area contributed by atoms with Crippen LogP contribution in [0.2, 0.25) is 0 Å². The monoisotopic (exact) mass is 721 g/mol. The minimum atomic E-state index is -0.767. The van der Waals surface area contributed by atoms with Gasteiger partial charge in [-0.2, -0.15) is 0 Å². The molecule has 6 heteroatoms. The minimum absolute atomic E-state index is 0.117. The van der Waals surface area contributed by atoms with Gasteiger partial charge in [-0.3, -0.25) is 0 Å². The molecule has 2 heterocycles. The van der Waals surface area contributed by atoms with Crippen molar-refractivity contribution in [1.82, 2.24) is 15.0 Å². The van der Waals surface area contributed by atoms with E-state index in [0.29, 0.717) is 30.3 Å². The highest BCUT2D eigenvalue weighted by atomic mass is 31.1. The number of hydrogen-bond acceptors (Lipinski definition) is 4. The fourth-order valence-corrected chi connectivity index (χ4v) is 10.4. The number of para-hydroxylation sites is 1. The molecule has 0 spiro atoms. The molecule has 0 bridgehead atoms. The number of fused-ring (bicyclic) bond motifs is 3. The summed E-state index contributed by atoms with van der Waals surface area (Å²) >= 11 is 0. The maximum Gasteiger partial charge on any atom is 0.164 e. The third-order valence-corrected chi connectivity index (χ3v) is 13.3. The SMILES string of the molecule is CC(C)(c1ccccc1)P(c1ccccc1)c1ccc(-c2cc(-c3nc(C4=CC=C(F)CC4)nc(-c4ccccc4)n3)cc3c2oc2ccccc23)cc1. The number of furan rings is 1. The molecule has 0 fully saturated rings. The summed E-state index contributed by atoms with van der Waals surface area (Å²) in [5.74, 6) is 1.55. The van der Waals surface area contributed by atoms with Gasteiger partial charge < -0.3 is 4.42 Å². The van der Waals surface area contributed by atoms with Crippen LogP contribution in [0.15, 0.2) is 174 Å². The van der Waals surface area contributed by atoms with E-state index >= 15 is 0 Å². The lowest BCUT2D eigenvalue weighted by molar-refractivity contribution is 0.590. The topological polar surface area (TPSA) is 51.8 Å². The predicted molar refractivity (Wildman–Crippen MR) is 222 cm³/mol. The number of halogens is 1. The normalized spacial score (nSPS) is 13.8. The van der Waals surface area contributed by atoms with E-state index in [-0.39, 0.29) is 11.0 Å². The molecule has 0 saturated carbocycles. The minimum Gasteiger partial charge on any atom is -0.455 e. The second kappa shape index (κ2) is 14.1. The van der Waals surface area contributed by atoms with Crippen LogP contribution >= 0.6 is 7.92 Å². The molecule has 4 nitrogen and oxygen atoms in total. The van der Waals surface area contributed by atoms with Gasteiger partial charge in [0.1, 0.15) is 17.0 Å². The number of aromatic nitrogens is 3. The van der Waals surface area contributed by atoms with Gasteiger partial charge >= 0.3 is 0 Å². The van der Waals surface area contributed by atoms with Gasteiger partial charge in [-0.05, 0) is 65.9 Å². The molecule has 0 saturated heterocycles. The standard InChI is InChI=1S/C48H37FN3OP/c1-48(2,36-16-8-4-9-17-36)54(38-18-10-5-11-19-38)39-28-24-32(25-29-39)41-30-35(31-42-40-20-12-13-21-43(40)53-44(41)42)47-51-45(33-14-6-3-7-15-33)50-46(52-47)34-22-26-37(49)27-23-34/h3-22,24-26,28-31H,23,27H2,1-2H3. The van der Waals surface area contributed by atoms with Crippen LogP contribution < -0.4 is 10.6 Å². The molecule has 8 aromatic rings. The first kappa shape index (κ1) is 33.8. The number of nitrogens with zero attached hydrogens (tertiary/aromatic N) is 3. The van der Waals surface area contributed by atoms with Gasteiger partial charge in [-0.1, -0.05) is 153 Å². The maximum absolute atomic E-state index is 14.1. The summed E-state index contributed by atoms with van der Waals surface area (Å²) < 4.78 is 20.7. The van der Waals surface area contributed by atoms with Crippen LogP contribution in [0.5, 0.6) is 0 Å². The third kappa shape index (κ3) is 6.35. The van der Waals surface area contributed by atoms with Crippen molar-refractivity contribution in [1.29, 1.82) is 0 Å². The Hall–Kier alpha value is -6.03. The summed E-state index contributed by atoms with van der Waals surface area (Å²) in [5.41, 5.74) is 7.58. The number of hydrogen-bond donors (Lipinski definition) is 0. The average Bonchev–Trinajstić information content (AvgIpc) is 3.61. The smallest absolute Gasteiger partial charge is 0.164 e. The number of allylic oxidation sites excluding steroid dienone is 4. The molecule has 1 aliphatic rings. The van der Waals surface area contributed by atoms with Gasteiger partial charge in [0.15, 0.2) is 17.5 Å². The quantitative estimate of drug-likeness (QED) is 0.147. The van der Waals surface area contributed by atoms with E-state index in [9.17, 15) is 4.39 Å². The van der Waals surface area contributed by atoms with Crippen molar-refractivity contribution in [3.63, 3.8) is 0 Å². The Labute approximate surface area is 315 Å². The fourth-order valence-electron chi connectivity index (χ4n) is 7.47. The summed E-state index contributed by atoms with van der Waals surface area (Å²) in [5, 5.41) is 4.53. The van der Waals surface area contributed by atoms with Crippen LogP contribution in [0.25, 0.3) is 61.4 Å². The van der Waals surface area contributed by atoms with E-state index in [4.69, 9.17) is 19.4 Å². The Morgan fingerprint density at radius 2 is 1.17 bits per heavy atom. The molecule has 262 valence electrons. The first-order chi connectivity index (χ1) is 26.4. The second-order valence-corrected chi connectivity index (χ2v) is 16.9. The Morgan fingerprint density at radius 3 is 1.87 bits per heavy atom. The van der Waals surface area contributed by atoms with Gasteiger partial charge in [0, 0.05) is 39.0 Å². The largest absolute Gasteiger partial charge is 0.455 e. The van der Waals surface area contributed by atoms with Crippen LogP contribution in [-0.2, 0) is 5.16 Å². The molecule has 0 N–H and O–H groups in total. The zero-order chi connectivity index (χ0) is 36.6. The first-order valence-corrected chi connectivity index (χ1v) is 19.6. The van der Waals surface area contributed by atoms with Crippen LogP contribution in [0.1, 0.15) is 38.1 Å². The van der Waals surface area contributed by atoms with E-state index in [1.54, 1.807) is 6.08 Å². The predicted octanol–water partition coefficient (Wildman–Crippen LogP) is 12.2. The van der Waals surface area contributed by atoms with Crippen molar-refractivity contribution in [2.75, 3.05) is 0 Å². The summed E-state index contributed by atoms with van der Waals surface area (Å²) in [6.45, 7) is 4.72. The van der Waals surface area contributed by atoms with E-state index in [1.165, 1.54) is 22.2 Å². The molecule has 1 atom stereocenters. The third-order valence-electron chi connectivity index (χ3n) is 10.3. The van der Waals surface area contributed by atoms with Crippen molar-refractivity contribution in [3.05, 3.63) is 181 Å². The lowest BCUT2D eigenvalue weighted by Crippen LogP contribution is -2.27. The van der Waals surface area contributed by atoms with Crippen molar-refractivity contribution >= 4 is 46.0 Å². The van der Waals surface area contributed by atoms with Gasteiger partial charge in [0.25, 0.3) is 0 Å². The van der Waals surface area contributed by atoms with Gasteiger partial charge in [-0.25, -0.2) is 19.3 Å². The molecule has 0 aliphatic heterocycles. The van der Waals surface area contributed by atoms with Gasteiger partial charge in [0.05, 0.1) is 0 Å². The van der Waals surface area contributed by atoms with Crippen LogP contribution in [-0.4, -0.2) is 15.0 Å². The molecule has 1 unspecified atom stereocenters. The molecule has 2 aromatic heterocycles. The van der Waals surface area contributed by atoms with Crippen molar-refractivity contribution in [3.8, 4) is 33.9 Å². The zero-order valence-electron chi connectivity index (χ0n) is 30.1. The summed E-state index contributed by atoms with van der Waals surface area (Å²) in [6, 6.07) is 53.1. The van der Waals surface area contributed by atoms with Crippen molar-refractivity contribution in [2.45, 2.75) is 31.8 Å². The molecule has 9 rings (SSSR count). The molecule has 0 amide bonds. The number of benzene rings is 6. The Kier molecular flexibility index (Phi) is 8.81. The molecular formula is C48H37FN3OP. The Bertz CT molecular complexity index is 2690. The molecule has 6 aromatic carbocycles. The molecule has 0 radical (unpaired) electrons. The highest BCUT2D eigenvalue weighted by molar-refractivity contribution is 7.74. The van der Waals surface area contributed by atoms with Gasteiger partial charge in [0.2, 0.25) is 0 Å². The Balaban J connectivity index is 1.21. The summed E-state index contributed by atoms with van der Waals surface area (Å²) in [4.78, 5) is 15.0. The summed E-state index contributed by atoms with van der Waals surface area (Å²) in [6.07, 6.45) is 4.15. The number of rotatable bonds is 8. The summed E-state index contributed by atoms with van der Waals surface area (Å²) in [7, 11) is -0.767.